The molecule has 1 aromatic carbocycles. The number of hydrogen-bond donors (Lipinski definition) is 0. The summed E-state index contributed by atoms with van der Waals surface area (Å²) in [6.07, 6.45) is 2.60. The van der Waals surface area contributed by atoms with Crippen molar-refractivity contribution in [3.05, 3.63) is 24.3 Å². The molecule has 0 unspecified atom stereocenters. The zero-order valence-electron chi connectivity index (χ0n) is 11.8. The van der Waals surface area contributed by atoms with E-state index in [1.165, 1.54) is 24.3 Å². The van der Waals surface area contributed by atoms with E-state index in [4.69, 9.17) is 9.47 Å². The lowest BCUT2D eigenvalue weighted by Gasteiger charge is -2.30. The average molecular weight is 281 g/mol. The highest BCUT2D eigenvalue weighted by Crippen LogP contribution is 2.26. The van der Waals surface area contributed by atoms with Gasteiger partial charge < -0.3 is 9.47 Å². The predicted octanol–water partition coefficient (Wildman–Crippen LogP) is 2.90. The number of hydrogen-bond acceptors (Lipinski definition) is 4. The Labute approximate surface area is 120 Å². The molecule has 0 bridgehead atoms. The van der Waals surface area contributed by atoms with E-state index in [-0.39, 0.29) is 0 Å². The molecule has 0 aromatic heterocycles. The standard InChI is InChI=1S/C15H23NO2S/c1-16(13-7-11-19-12-8-13)9-10-18-15-6-4-3-5-14(15)17-2/h3-6,13H,7-12H2,1-2H3. The summed E-state index contributed by atoms with van der Waals surface area (Å²) >= 11 is 2.07. The lowest BCUT2D eigenvalue weighted by atomic mass is 10.1. The predicted molar refractivity (Wildman–Crippen MR) is 81.5 cm³/mol. The maximum atomic E-state index is 5.82. The van der Waals surface area contributed by atoms with Crippen molar-refractivity contribution in [2.24, 2.45) is 0 Å². The highest BCUT2D eigenvalue weighted by molar-refractivity contribution is 7.99. The fourth-order valence-electron chi connectivity index (χ4n) is 2.35. The summed E-state index contributed by atoms with van der Waals surface area (Å²) < 4.78 is 11.1. The van der Waals surface area contributed by atoms with Crippen molar-refractivity contribution >= 4 is 11.8 Å². The second-order valence-electron chi connectivity index (χ2n) is 4.82. The molecule has 1 saturated heterocycles. The van der Waals surface area contributed by atoms with Crippen molar-refractivity contribution in [3.63, 3.8) is 0 Å². The van der Waals surface area contributed by atoms with Crippen LogP contribution in [0.3, 0.4) is 0 Å². The minimum atomic E-state index is 0.709. The normalized spacial score (nSPS) is 16.6. The van der Waals surface area contributed by atoms with E-state index >= 15 is 0 Å². The van der Waals surface area contributed by atoms with Crippen LogP contribution in [0.5, 0.6) is 11.5 Å². The summed E-state index contributed by atoms with van der Waals surface area (Å²) in [6.45, 7) is 1.67. The maximum absolute atomic E-state index is 5.82. The van der Waals surface area contributed by atoms with Crippen LogP contribution in [0.2, 0.25) is 0 Å². The number of thioether (sulfide) groups is 1. The first-order chi connectivity index (χ1) is 9.31. The minimum absolute atomic E-state index is 0.709. The van der Waals surface area contributed by atoms with Gasteiger partial charge in [-0.3, -0.25) is 4.90 Å². The Hall–Kier alpha value is -0.870. The molecule has 1 fully saturated rings. The van der Waals surface area contributed by atoms with Crippen LogP contribution in [0, 0.1) is 0 Å². The van der Waals surface area contributed by atoms with Gasteiger partial charge in [-0.2, -0.15) is 11.8 Å². The van der Waals surface area contributed by atoms with Crippen molar-refractivity contribution in [2.45, 2.75) is 18.9 Å². The van der Waals surface area contributed by atoms with Crippen molar-refractivity contribution in [1.29, 1.82) is 0 Å². The summed E-state index contributed by atoms with van der Waals surface area (Å²) in [5.41, 5.74) is 0. The summed E-state index contributed by atoms with van der Waals surface area (Å²) in [4.78, 5) is 2.43. The minimum Gasteiger partial charge on any atom is -0.493 e. The maximum Gasteiger partial charge on any atom is 0.161 e. The number of para-hydroxylation sites is 2. The van der Waals surface area contributed by atoms with Crippen LogP contribution >= 0.6 is 11.8 Å². The van der Waals surface area contributed by atoms with E-state index in [1.54, 1.807) is 7.11 Å². The number of rotatable bonds is 6. The van der Waals surface area contributed by atoms with Gasteiger partial charge in [0.1, 0.15) is 6.61 Å². The number of nitrogens with zero attached hydrogens (tertiary/aromatic N) is 1. The second kappa shape index (κ2) is 7.65. The van der Waals surface area contributed by atoms with Gasteiger partial charge in [-0.1, -0.05) is 12.1 Å². The molecule has 1 aromatic rings. The molecule has 0 spiro atoms. The lowest BCUT2D eigenvalue weighted by Crippen LogP contribution is -2.37. The zero-order chi connectivity index (χ0) is 13.5. The third kappa shape index (κ3) is 4.32. The van der Waals surface area contributed by atoms with Gasteiger partial charge in [-0.15, -0.1) is 0 Å². The number of methoxy groups -OCH3 is 1. The summed E-state index contributed by atoms with van der Waals surface area (Å²) in [5, 5.41) is 0. The van der Waals surface area contributed by atoms with E-state index < -0.39 is 0 Å². The fourth-order valence-corrected chi connectivity index (χ4v) is 3.43. The van der Waals surface area contributed by atoms with Crippen LogP contribution in [-0.2, 0) is 0 Å². The van der Waals surface area contributed by atoms with Crippen LogP contribution in [0.15, 0.2) is 24.3 Å². The van der Waals surface area contributed by atoms with E-state index in [1.807, 2.05) is 24.3 Å². The molecule has 3 nitrogen and oxygen atoms in total. The third-order valence-corrected chi connectivity index (χ3v) is 4.63. The molecule has 0 N–H and O–H groups in total. The fraction of sp³-hybridized carbons (Fsp3) is 0.600. The quantitative estimate of drug-likeness (QED) is 0.799. The van der Waals surface area contributed by atoms with Crippen LogP contribution in [0.25, 0.3) is 0 Å². The molecule has 0 amide bonds. The first-order valence-corrected chi connectivity index (χ1v) is 8.00. The van der Waals surface area contributed by atoms with Gasteiger partial charge in [0, 0.05) is 12.6 Å². The zero-order valence-corrected chi connectivity index (χ0v) is 12.6. The lowest BCUT2D eigenvalue weighted by molar-refractivity contribution is 0.180. The Bertz CT molecular complexity index is 380. The molecule has 4 heteroatoms. The summed E-state index contributed by atoms with van der Waals surface area (Å²) in [5.74, 6) is 4.22. The Morgan fingerprint density at radius 1 is 1.21 bits per heavy atom. The second-order valence-corrected chi connectivity index (χ2v) is 6.05. The van der Waals surface area contributed by atoms with Gasteiger partial charge >= 0.3 is 0 Å². The monoisotopic (exact) mass is 281 g/mol. The SMILES string of the molecule is COc1ccccc1OCCN(C)C1CCSCC1. The Morgan fingerprint density at radius 3 is 2.58 bits per heavy atom. The summed E-state index contributed by atoms with van der Waals surface area (Å²) in [6, 6.07) is 8.53. The molecular weight excluding hydrogens is 258 g/mol. The highest BCUT2D eigenvalue weighted by Gasteiger charge is 2.17. The van der Waals surface area contributed by atoms with Crippen molar-refractivity contribution < 1.29 is 9.47 Å². The first kappa shape index (κ1) is 14.5. The van der Waals surface area contributed by atoms with Crippen molar-refractivity contribution in [2.75, 3.05) is 38.8 Å². The molecule has 1 heterocycles. The van der Waals surface area contributed by atoms with Crippen LogP contribution in [-0.4, -0.2) is 49.8 Å². The molecule has 0 saturated carbocycles. The highest BCUT2D eigenvalue weighted by atomic mass is 32.2. The van der Waals surface area contributed by atoms with Gasteiger partial charge in [0.05, 0.1) is 7.11 Å². The smallest absolute Gasteiger partial charge is 0.161 e. The summed E-state index contributed by atoms with van der Waals surface area (Å²) in [7, 11) is 3.88. The molecule has 106 valence electrons. The van der Waals surface area contributed by atoms with E-state index in [9.17, 15) is 0 Å². The number of likely N-dealkylation sites (N-methyl/N-ethyl adjacent to an activating group) is 1. The van der Waals surface area contributed by atoms with E-state index in [2.05, 4.69) is 23.7 Å². The Kier molecular flexibility index (Phi) is 5.86. The van der Waals surface area contributed by atoms with Crippen molar-refractivity contribution in [1.82, 2.24) is 4.90 Å². The number of ether oxygens (including phenoxy) is 2. The topological polar surface area (TPSA) is 21.7 Å². The van der Waals surface area contributed by atoms with Gasteiger partial charge in [0.15, 0.2) is 11.5 Å². The third-order valence-electron chi connectivity index (χ3n) is 3.58. The van der Waals surface area contributed by atoms with Gasteiger partial charge in [0.25, 0.3) is 0 Å². The van der Waals surface area contributed by atoms with Crippen molar-refractivity contribution in [3.8, 4) is 11.5 Å². The molecule has 0 atom stereocenters. The number of benzene rings is 1. The van der Waals surface area contributed by atoms with E-state index in [0.29, 0.717) is 6.61 Å². The van der Waals surface area contributed by atoms with Gasteiger partial charge in [-0.25, -0.2) is 0 Å². The van der Waals surface area contributed by atoms with Crippen LogP contribution in [0.4, 0.5) is 0 Å². The Morgan fingerprint density at radius 2 is 1.89 bits per heavy atom. The Balaban J connectivity index is 1.76. The largest absolute Gasteiger partial charge is 0.493 e. The van der Waals surface area contributed by atoms with Gasteiger partial charge in [0.2, 0.25) is 0 Å². The molecule has 19 heavy (non-hydrogen) atoms. The molecule has 1 aliphatic heterocycles. The van der Waals surface area contributed by atoms with E-state index in [0.717, 1.165) is 24.1 Å². The van der Waals surface area contributed by atoms with Crippen LogP contribution in [0.1, 0.15) is 12.8 Å². The molecule has 0 aliphatic carbocycles. The molecule has 0 radical (unpaired) electrons. The van der Waals surface area contributed by atoms with Gasteiger partial charge in [-0.05, 0) is 43.5 Å². The molecular formula is C15H23NO2S. The first-order valence-electron chi connectivity index (χ1n) is 6.85. The molecule has 2 rings (SSSR count). The average Bonchev–Trinajstić information content (AvgIpc) is 2.48. The molecule has 1 aliphatic rings. The van der Waals surface area contributed by atoms with Crippen LogP contribution < -0.4 is 9.47 Å².